The molecule has 0 saturated heterocycles. The van der Waals surface area contributed by atoms with Gasteiger partial charge in [-0.05, 0) is 31.3 Å². The third-order valence-corrected chi connectivity index (χ3v) is 1.63. The minimum Gasteiger partial charge on any atom is -0.0808 e. The summed E-state index contributed by atoms with van der Waals surface area (Å²) in [4.78, 5) is 0. The van der Waals surface area contributed by atoms with Crippen molar-refractivity contribution in [3.63, 3.8) is 0 Å². The molecular formula is C9H15. The normalized spacial score (nSPS) is 19.2. The molecule has 1 saturated carbocycles. The Balaban J connectivity index is 1.89. The number of hydrogen-bond acceptors (Lipinski definition) is 0. The highest BCUT2D eigenvalue weighted by Gasteiger charge is 2.17. The van der Waals surface area contributed by atoms with Crippen molar-refractivity contribution in [2.24, 2.45) is 5.92 Å². The first-order valence-corrected chi connectivity index (χ1v) is 4.01. The van der Waals surface area contributed by atoms with Gasteiger partial charge < -0.3 is 0 Å². The lowest BCUT2D eigenvalue weighted by atomic mass is 10.2. The average molecular weight is 123 g/mol. The van der Waals surface area contributed by atoms with Gasteiger partial charge in [-0.1, -0.05) is 25.8 Å². The highest BCUT2D eigenvalue weighted by Crippen LogP contribution is 2.29. The molecule has 1 aliphatic rings. The molecule has 1 aliphatic carbocycles. The van der Waals surface area contributed by atoms with E-state index in [0.717, 1.165) is 5.92 Å². The van der Waals surface area contributed by atoms with E-state index in [9.17, 15) is 0 Å². The lowest BCUT2D eigenvalue weighted by Crippen LogP contribution is -1.68. The van der Waals surface area contributed by atoms with Crippen LogP contribution in [0.1, 0.15) is 39.0 Å². The Bertz CT molecular complexity index is 88.2. The van der Waals surface area contributed by atoms with Gasteiger partial charge in [0.15, 0.2) is 0 Å². The van der Waals surface area contributed by atoms with E-state index in [2.05, 4.69) is 19.1 Å². The van der Waals surface area contributed by atoms with Gasteiger partial charge in [0.25, 0.3) is 0 Å². The van der Waals surface area contributed by atoms with Gasteiger partial charge >= 0.3 is 0 Å². The van der Waals surface area contributed by atoms with Crippen molar-refractivity contribution in [1.82, 2.24) is 0 Å². The first-order chi connectivity index (χ1) is 4.43. The van der Waals surface area contributed by atoms with Crippen molar-refractivity contribution in [3.8, 4) is 0 Å². The third-order valence-electron chi connectivity index (χ3n) is 1.63. The zero-order valence-corrected chi connectivity index (χ0v) is 6.19. The second kappa shape index (κ2) is 3.71. The number of hydrogen-bond donors (Lipinski definition) is 0. The van der Waals surface area contributed by atoms with E-state index in [1.54, 1.807) is 0 Å². The predicted molar refractivity (Wildman–Crippen MR) is 40.1 cm³/mol. The van der Waals surface area contributed by atoms with Gasteiger partial charge in [0.05, 0.1) is 0 Å². The summed E-state index contributed by atoms with van der Waals surface area (Å²) in [6, 6.07) is 0. The lowest BCUT2D eigenvalue weighted by molar-refractivity contribution is 0.808. The summed E-state index contributed by atoms with van der Waals surface area (Å²) in [5.41, 5.74) is 0. The molecule has 9 heavy (non-hydrogen) atoms. The van der Waals surface area contributed by atoms with Crippen LogP contribution in [-0.2, 0) is 0 Å². The molecule has 1 rings (SSSR count). The average Bonchev–Trinajstić information content (AvgIpc) is 2.63. The minimum absolute atomic E-state index is 0.849. The van der Waals surface area contributed by atoms with Gasteiger partial charge in [0.1, 0.15) is 0 Å². The van der Waals surface area contributed by atoms with Gasteiger partial charge in [-0.25, -0.2) is 0 Å². The smallest absolute Gasteiger partial charge is 0.0162 e. The summed E-state index contributed by atoms with van der Waals surface area (Å²) in [6.07, 6.45) is 12.3. The molecule has 0 bridgehead atoms. The second-order valence-electron chi connectivity index (χ2n) is 2.79. The Kier molecular flexibility index (Phi) is 2.82. The van der Waals surface area contributed by atoms with E-state index < -0.39 is 0 Å². The van der Waals surface area contributed by atoms with Crippen molar-refractivity contribution in [2.75, 3.05) is 0 Å². The van der Waals surface area contributed by atoms with Crippen LogP contribution in [0, 0.1) is 12.0 Å². The van der Waals surface area contributed by atoms with Crippen LogP contribution in [0.2, 0.25) is 0 Å². The Morgan fingerprint density at radius 3 is 2.89 bits per heavy atom. The molecule has 0 aromatic rings. The molecule has 51 valence electrons. The third kappa shape index (κ3) is 3.34. The first-order valence-electron chi connectivity index (χ1n) is 4.01. The molecule has 0 aromatic heterocycles. The van der Waals surface area contributed by atoms with Gasteiger partial charge in [0.2, 0.25) is 0 Å². The van der Waals surface area contributed by atoms with Crippen LogP contribution in [0.5, 0.6) is 0 Å². The van der Waals surface area contributed by atoms with Crippen LogP contribution in [-0.4, -0.2) is 0 Å². The van der Waals surface area contributed by atoms with Crippen LogP contribution < -0.4 is 0 Å². The summed E-state index contributed by atoms with van der Waals surface area (Å²) >= 11 is 0. The molecule has 0 heteroatoms. The summed E-state index contributed by atoms with van der Waals surface area (Å²) in [7, 11) is 0. The van der Waals surface area contributed by atoms with Crippen LogP contribution in [0.25, 0.3) is 0 Å². The van der Waals surface area contributed by atoms with Crippen LogP contribution in [0.3, 0.4) is 0 Å². The topological polar surface area (TPSA) is 0 Å². The monoisotopic (exact) mass is 123 g/mol. The Hall–Kier alpha value is -0.260. The molecule has 0 spiro atoms. The van der Waals surface area contributed by atoms with E-state index in [-0.39, 0.29) is 0 Å². The highest BCUT2D eigenvalue weighted by atomic mass is 14.2. The maximum Gasteiger partial charge on any atom is -0.0162 e. The van der Waals surface area contributed by atoms with E-state index in [1.807, 2.05) is 0 Å². The van der Waals surface area contributed by atoms with E-state index >= 15 is 0 Å². The summed E-state index contributed by atoms with van der Waals surface area (Å²) in [6.45, 7) is 2.23. The molecule has 0 amide bonds. The molecule has 1 radical (unpaired) electrons. The molecule has 0 aromatic carbocycles. The maximum absolute atomic E-state index is 3.37. The van der Waals surface area contributed by atoms with Crippen molar-refractivity contribution >= 4 is 0 Å². The van der Waals surface area contributed by atoms with E-state index in [4.69, 9.17) is 0 Å². The Morgan fingerprint density at radius 2 is 2.33 bits per heavy atom. The van der Waals surface area contributed by atoms with E-state index in [0.29, 0.717) is 0 Å². The zero-order valence-electron chi connectivity index (χ0n) is 6.19. The summed E-state index contributed by atoms with van der Waals surface area (Å²) in [5.74, 6) is 0.849. The highest BCUT2D eigenvalue weighted by molar-refractivity contribution is 4.88. The van der Waals surface area contributed by atoms with E-state index in [1.165, 1.54) is 32.1 Å². The van der Waals surface area contributed by atoms with Crippen molar-refractivity contribution in [2.45, 2.75) is 39.0 Å². The Labute approximate surface area is 58.0 Å². The van der Waals surface area contributed by atoms with Crippen molar-refractivity contribution in [3.05, 3.63) is 12.2 Å². The van der Waals surface area contributed by atoms with Gasteiger partial charge in [-0.2, -0.15) is 0 Å². The second-order valence-corrected chi connectivity index (χ2v) is 2.79. The quantitative estimate of drug-likeness (QED) is 0.504. The molecular weight excluding hydrogens is 108 g/mol. The summed E-state index contributed by atoms with van der Waals surface area (Å²) < 4.78 is 0. The zero-order chi connectivity index (χ0) is 6.53. The fourth-order valence-electron chi connectivity index (χ4n) is 0.806. The molecule has 1 fully saturated rings. The number of rotatable bonds is 4. The van der Waals surface area contributed by atoms with Crippen LogP contribution in [0.4, 0.5) is 0 Å². The summed E-state index contributed by atoms with van der Waals surface area (Å²) in [5, 5.41) is 0. The van der Waals surface area contributed by atoms with Crippen LogP contribution in [0.15, 0.2) is 6.08 Å². The molecule has 0 N–H and O–H groups in total. The lowest BCUT2D eigenvalue weighted by Gasteiger charge is -1.85. The molecule has 0 unspecified atom stereocenters. The van der Waals surface area contributed by atoms with Crippen LogP contribution >= 0.6 is 0 Å². The number of unbranched alkanes of at least 4 members (excludes halogenated alkanes) is 2. The molecule has 0 aliphatic heterocycles. The first kappa shape index (κ1) is 6.85. The van der Waals surface area contributed by atoms with Gasteiger partial charge in [0, 0.05) is 0 Å². The van der Waals surface area contributed by atoms with Crippen molar-refractivity contribution < 1.29 is 0 Å². The minimum atomic E-state index is 0.849. The standard InChI is InChI=1S/C9H15/c1-2-3-4-5-6-9-7-8-9/h5,9H,2-4,7-8H2,1H3. The molecule has 0 nitrogen and oxygen atoms in total. The van der Waals surface area contributed by atoms with Gasteiger partial charge in [-0.15, -0.1) is 0 Å². The fraction of sp³-hybridized carbons (Fsp3) is 0.778. The molecule has 0 atom stereocenters. The maximum atomic E-state index is 3.37. The Morgan fingerprint density at radius 1 is 1.56 bits per heavy atom. The number of allylic oxidation sites excluding steroid dienone is 2. The molecule has 0 heterocycles. The fourth-order valence-corrected chi connectivity index (χ4v) is 0.806. The predicted octanol–water partition coefficient (Wildman–Crippen LogP) is 2.95. The SMILES string of the molecule is CCCC/C=[C]\C1CC1. The largest absolute Gasteiger partial charge is 0.0808 e. The van der Waals surface area contributed by atoms with Gasteiger partial charge in [-0.3, -0.25) is 0 Å². The van der Waals surface area contributed by atoms with Crippen molar-refractivity contribution in [1.29, 1.82) is 0 Å².